The average Bonchev–Trinajstić information content (AvgIpc) is 3.02. The molecule has 1 N–H and O–H groups in total. The van der Waals surface area contributed by atoms with Gasteiger partial charge in [-0.05, 0) is 25.3 Å². The van der Waals surface area contributed by atoms with Gasteiger partial charge >= 0.3 is 0 Å². The Morgan fingerprint density at radius 1 is 1.38 bits per heavy atom. The molecule has 2 nitrogen and oxygen atoms in total. The van der Waals surface area contributed by atoms with Crippen LogP contribution in [0, 0.1) is 6.92 Å². The molecule has 1 saturated carbocycles. The molecule has 0 atom stereocenters. The summed E-state index contributed by atoms with van der Waals surface area (Å²) in [5.41, 5.74) is 2.36. The van der Waals surface area contributed by atoms with Gasteiger partial charge in [0.25, 0.3) is 0 Å². The zero-order valence-electron chi connectivity index (χ0n) is 9.42. The van der Waals surface area contributed by atoms with Crippen molar-refractivity contribution in [2.24, 2.45) is 0 Å². The summed E-state index contributed by atoms with van der Waals surface area (Å²) in [7, 11) is 0. The Bertz CT molecular complexity index is 381. The Balaban J connectivity index is 1.90. The lowest BCUT2D eigenvalue weighted by Gasteiger charge is -2.14. The predicted octanol–water partition coefficient (Wildman–Crippen LogP) is 2.58. The average molecular weight is 282 g/mol. The Morgan fingerprint density at radius 3 is 2.50 bits per heavy atom. The molecular formula is C13H16BrNO. The van der Waals surface area contributed by atoms with Crippen molar-refractivity contribution in [3.05, 3.63) is 35.4 Å². The van der Waals surface area contributed by atoms with E-state index in [1.807, 2.05) is 31.2 Å². The van der Waals surface area contributed by atoms with Gasteiger partial charge in [-0.3, -0.25) is 4.79 Å². The molecule has 1 fully saturated rings. The molecule has 0 heterocycles. The summed E-state index contributed by atoms with van der Waals surface area (Å²) in [6, 6.07) is 8.12. The Morgan fingerprint density at radius 2 is 2.00 bits per heavy atom. The van der Waals surface area contributed by atoms with Crippen LogP contribution in [-0.4, -0.2) is 16.8 Å². The fraction of sp³-hybridized carbons (Fsp3) is 0.462. The van der Waals surface area contributed by atoms with Crippen LogP contribution in [0.5, 0.6) is 0 Å². The van der Waals surface area contributed by atoms with Gasteiger partial charge in [-0.2, -0.15) is 0 Å². The first-order valence-corrected chi connectivity index (χ1v) is 6.68. The third-order valence-corrected chi connectivity index (χ3v) is 4.07. The van der Waals surface area contributed by atoms with E-state index in [0.29, 0.717) is 6.42 Å². The maximum atomic E-state index is 11.8. The Labute approximate surface area is 105 Å². The first-order chi connectivity index (χ1) is 7.63. The Kier molecular flexibility index (Phi) is 3.33. The van der Waals surface area contributed by atoms with Crippen LogP contribution in [0.25, 0.3) is 0 Å². The minimum Gasteiger partial charge on any atom is -0.350 e. The van der Waals surface area contributed by atoms with Gasteiger partial charge in [-0.15, -0.1) is 0 Å². The van der Waals surface area contributed by atoms with E-state index < -0.39 is 0 Å². The van der Waals surface area contributed by atoms with Crippen LogP contribution >= 0.6 is 15.9 Å². The lowest BCUT2D eigenvalue weighted by Crippen LogP contribution is -2.38. The van der Waals surface area contributed by atoms with Crippen LogP contribution in [0.15, 0.2) is 24.3 Å². The number of rotatable bonds is 4. The molecule has 1 aromatic rings. The molecule has 86 valence electrons. The minimum atomic E-state index is 0.0573. The molecular weight excluding hydrogens is 266 g/mol. The molecule has 1 aromatic carbocycles. The largest absolute Gasteiger partial charge is 0.350 e. The maximum Gasteiger partial charge on any atom is 0.224 e. The lowest BCUT2D eigenvalue weighted by molar-refractivity contribution is -0.121. The molecule has 1 amide bonds. The third-order valence-electron chi connectivity index (χ3n) is 3.00. The molecule has 2 rings (SSSR count). The normalized spacial score (nSPS) is 16.9. The zero-order valence-corrected chi connectivity index (χ0v) is 11.0. The molecule has 16 heavy (non-hydrogen) atoms. The van der Waals surface area contributed by atoms with Crippen LogP contribution in [0.3, 0.4) is 0 Å². The molecule has 3 heteroatoms. The van der Waals surface area contributed by atoms with Gasteiger partial charge in [0.15, 0.2) is 0 Å². The maximum absolute atomic E-state index is 11.8. The highest BCUT2D eigenvalue weighted by atomic mass is 79.9. The topological polar surface area (TPSA) is 29.1 Å². The number of hydrogen-bond donors (Lipinski definition) is 1. The molecule has 0 aliphatic heterocycles. The lowest BCUT2D eigenvalue weighted by atomic mass is 10.1. The van der Waals surface area contributed by atoms with Crippen LogP contribution < -0.4 is 5.32 Å². The van der Waals surface area contributed by atoms with Crippen molar-refractivity contribution in [3.8, 4) is 0 Å². The van der Waals surface area contributed by atoms with Crippen molar-refractivity contribution >= 4 is 21.8 Å². The van der Waals surface area contributed by atoms with Gasteiger partial charge in [0.2, 0.25) is 5.91 Å². The number of nitrogens with one attached hydrogen (secondary N) is 1. The van der Waals surface area contributed by atoms with Crippen molar-refractivity contribution < 1.29 is 4.79 Å². The monoisotopic (exact) mass is 281 g/mol. The van der Waals surface area contributed by atoms with E-state index in [-0.39, 0.29) is 11.4 Å². The fourth-order valence-corrected chi connectivity index (χ4v) is 2.38. The van der Waals surface area contributed by atoms with Gasteiger partial charge in [-0.25, -0.2) is 0 Å². The number of aryl methyl sites for hydroxylation is 1. The van der Waals surface area contributed by atoms with Gasteiger partial charge < -0.3 is 5.32 Å². The minimum absolute atomic E-state index is 0.0573. The molecule has 0 radical (unpaired) electrons. The summed E-state index contributed by atoms with van der Waals surface area (Å²) >= 11 is 3.44. The fourth-order valence-electron chi connectivity index (χ4n) is 1.67. The molecule has 0 saturated heterocycles. The molecule has 0 aromatic heterocycles. The highest BCUT2D eigenvalue weighted by Gasteiger charge is 2.42. The number of benzene rings is 1. The number of alkyl halides is 1. The van der Waals surface area contributed by atoms with E-state index in [9.17, 15) is 4.79 Å². The van der Waals surface area contributed by atoms with Crippen LogP contribution in [0.4, 0.5) is 0 Å². The zero-order chi connectivity index (χ0) is 11.6. The molecule has 1 aliphatic rings. The van der Waals surface area contributed by atoms with Crippen molar-refractivity contribution in [1.82, 2.24) is 5.32 Å². The van der Waals surface area contributed by atoms with Crippen LogP contribution in [-0.2, 0) is 11.2 Å². The smallest absolute Gasteiger partial charge is 0.224 e. The summed E-state index contributed by atoms with van der Waals surface area (Å²) in [5, 5.41) is 3.96. The molecule has 1 aliphatic carbocycles. The van der Waals surface area contributed by atoms with Gasteiger partial charge in [0.05, 0.1) is 6.42 Å². The van der Waals surface area contributed by atoms with Gasteiger partial charge in [0.1, 0.15) is 0 Å². The summed E-state index contributed by atoms with van der Waals surface area (Å²) in [5.74, 6) is 0.126. The van der Waals surface area contributed by atoms with Gasteiger partial charge in [0, 0.05) is 10.9 Å². The summed E-state index contributed by atoms with van der Waals surface area (Å²) in [6.45, 7) is 2.05. The molecule has 0 bridgehead atoms. The van der Waals surface area contributed by atoms with E-state index in [4.69, 9.17) is 0 Å². The highest BCUT2D eigenvalue weighted by Crippen LogP contribution is 2.36. The number of amides is 1. The van der Waals surface area contributed by atoms with Crippen LogP contribution in [0.1, 0.15) is 24.0 Å². The van der Waals surface area contributed by atoms with Crippen molar-refractivity contribution in [2.45, 2.75) is 31.7 Å². The van der Waals surface area contributed by atoms with Crippen LogP contribution in [0.2, 0.25) is 0 Å². The first kappa shape index (κ1) is 11.6. The number of hydrogen-bond acceptors (Lipinski definition) is 1. The standard InChI is InChI=1S/C13H16BrNO/c1-10-2-4-11(5-3-10)8-12(16)15-13(9-14)6-7-13/h2-5H,6-9H2,1H3,(H,15,16). The van der Waals surface area contributed by atoms with E-state index in [2.05, 4.69) is 21.2 Å². The SMILES string of the molecule is Cc1ccc(CC(=O)NC2(CBr)CC2)cc1. The molecule has 0 spiro atoms. The van der Waals surface area contributed by atoms with E-state index >= 15 is 0 Å². The Hall–Kier alpha value is -0.830. The second-order valence-electron chi connectivity index (χ2n) is 4.62. The van der Waals surface area contributed by atoms with Crippen molar-refractivity contribution in [3.63, 3.8) is 0 Å². The van der Waals surface area contributed by atoms with E-state index in [1.165, 1.54) is 5.56 Å². The van der Waals surface area contributed by atoms with E-state index in [0.717, 1.165) is 23.7 Å². The second kappa shape index (κ2) is 4.58. The number of carbonyl (C=O) groups excluding carboxylic acids is 1. The number of carbonyl (C=O) groups is 1. The highest BCUT2D eigenvalue weighted by molar-refractivity contribution is 9.09. The first-order valence-electron chi connectivity index (χ1n) is 5.56. The number of halogens is 1. The second-order valence-corrected chi connectivity index (χ2v) is 5.19. The molecule has 0 unspecified atom stereocenters. The predicted molar refractivity (Wildman–Crippen MR) is 68.8 cm³/mol. The van der Waals surface area contributed by atoms with E-state index in [1.54, 1.807) is 0 Å². The quantitative estimate of drug-likeness (QED) is 0.845. The summed E-state index contributed by atoms with van der Waals surface area (Å²) in [6.07, 6.45) is 2.67. The summed E-state index contributed by atoms with van der Waals surface area (Å²) in [4.78, 5) is 11.8. The summed E-state index contributed by atoms with van der Waals surface area (Å²) < 4.78 is 0. The van der Waals surface area contributed by atoms with Crippen molar-refractivity contribution in [2.75, 3.05) is 5.33 Å². The third kappa shape index (κ3) is 2.85. The van der Waals surface area contributed by atoms with Gasteiger partial charge in [-0.1, -0.05) is 45.8 Å². The van der Waals surface area contributed by atoms with Crippen molar-refractivity contribution in [1.29, 1.82) is 0 Å².